The fraction of sp³-hybridized carbons (Fsp3) is 0.238. The fourth-order valence-corrected chi connectivity index (χ4v) is 2.80. The first kappa shape index (κ1) is 19.4. The van der Waals surface area contributed by atoms with Crippen LogP contribution in [0.1, 0.15) is 34.2 Å². The van der Waals surface area contributed by atoms with Gasteiger partial charge in [0.05, 0.1) is 0 Å². The number of furan rings is 1. The normalized spacial score (nSPS) is 11.9. The predicted octanol–water partition coefficient (Wildman–Crippen LogP) is 3.73. The molecule has 28 heavy (non-hydrogen) atoms. The third-order valence-electron chi connectivity index (χ3n) is 4.65. The molecule has 6 nitrogen and oxygen atoms in total. The molecule has 0 bridgehead atoms. The van der Waals surface area contributed by atoms with Crippen LogP contribution in [0.25, 0.3) is 11.0 Å². The minimum atomic E-state index is -0.838. The summed E-state index contributed by atoms with van der Waals surface area (Å²) in [4.78, 5) is 24.6. The Kier molecular flexibility index (Phi) is 5.35. The molecule has 146 valence electrons. The molecule has 0 saturated carbocycles. The van der Waals surface area contributed by atoms with Crippen molar-refractivity contribution >= 4 is 22.8 Å². The lowest BCUT2D eigenvalue weighted by Crippen LogP contribution is -2.47. The van der Waals surface area contributed by atoms with Crippen LogP contribution in [0, 0.1) is 26.6 Å². The fourth-order valence-electron chi connectivity index (χ4n) is 2.80. The van der Waals surface area contributed by atoms with Gasteiger partial charge in [-0.3, -0.25) is 20.4 Å². The molecule has 3 rings (SSSR count). The Balaban J connectivity index is 1.66. The maximum atomic E-state index is 13.8. The van der Waals surface area contributed by atoms with Crippen LogP contribution in [0.15, 0.2) is 40.8 Å². The van der Waals surface area contributed by atoms with E-state index in [4.69, 9.17) is 9.15 Å². The highest BCUT2D eigenvalue weighted by Gasteiger charge is 2.21. The van der Waals surface area contributed by atoms with Gasteiger partial charge in [-0.2, -0.15) is 0 Å². The predicted molar refractivity (Wildman–Crippen MR) is 103 cm³/mol. The first-order chi connectivity index (χ1) is 13.3. The second-order valence-corrected chi connectivity index (χ2v) is 6.57. The van der Waals surface area contributed by atoms with Crippen molar-refractivity contribution < 1.29 is 23.1 Å². The third kappa shape index (κ3) is 3.69. The van der Waals surface area contributed by atoms with E-state index >= 15 is 0 Å². The molecule has 0 unspecified atom stereocenters. The highest BCUT2D eigenvalue weighted by molar-refractivity contribution is 5.99. The van der Waals surface area contributed by atoms with Crippen LogP contribution in [0.4, 0.5) is 4.39 Å². The number of amides is 2. The van der Waals surface area contributed by atoms with Crippen molar-refractivity contribution in [1.82, 2.24) is 10.9 Å². The van der Waals surface area contributed by atoms with Gasteiger partial charge in [0, 0.05) is 10.9 Å². The summed E-state index contributed by atoms with van der Waals surface area (Å²) in [5.41, 5.74) is 7.06. The number of carbonyl (C=O) groups is 2. The van der Waals surface area contributed by atoms with Gasteiger partial charge in [-0.15, -0.1) is 0 Å². The van der Waals surface area contributed by atoms with Crippen molar-refractivity contribution in [1.29, 1.82) is 0 Å². The summed E-state index contributed by atoms with van der Waals surface area (Å²) in [6, 6.07) is 10.0. The monoisotopic (exact) mass is 384 g/mol. The number of hydrogen-bond acceptors (Lipinski definition) is 4. The summed E-state index contributed by atoms with van der Waals surface area (Å²) in [6.45, 7) is 7.07. The minimum Gasteiger partial charge on any atom is -0.481 e. The molecule has 1 atom stereocenters. The number of nitrogens with one attached hydrogen (secondary N) is 2. The Morgan fingerprint density at radius 2 is 1.75 bits per heavy atom. The van der Waals surface area contributed by atoms with Crippen molar-refractivity contribution in [3.8, 4) is 5.75 Å². The molecule has 2 amide bonds. The van der Waals surface area contributed by atoms with E-state index in [1.807, 2.05) is 26.0 Å². The molecule has 0 saturated heterocycles. The zero-order chi connectivity index (χ0) is 20.4. The highest BCUT2D eigenvalue weighted by atomic mass is 19.1. The molecule has 1 heterocycles. The maximum absolute atomic E-state index is 13.8. The molecule has 0 fully saturated rings. The first-order valence-corrected chi connectivity index (χ1v) is 8.80. The third-order valence-corrected chi connectivity index (χ3v) is 4.65. The molecule has 3 aromatic rings. The lowest BCUT2D eigenvalue weighted by atomic mass is 10.1. The van der Waals surface area contributed by atoms with Gasteiger partial charge in [0.15, 0.2) is 23.3 Å². The molecule has 0 aliphatic heterocycles. The van der Waals surface area contributed by atoms with Gasteiger partial charge in [-0.1, -0.05) is 24.3 Å². The second kappa shape index (κ2) is 7.72. The van der Waals surface area contributed by atoms with E-state index < -0.39 is 23.7 Å². The lowest BCUT2D eigenvalue weighted by Gasteiger charge is -2.17. The maximum Gasteiger partial charge on any atom is 0.305 e. The van der Waals surface area contributed by atoms with E-state index in [1.54, 1.807) is 26.0 Å². The molecule has 7 heteroatoms. The molecule has 0 aliphatic rings. The van der Waals surface area contributed by atoms with Crippen LogP contribution in [0.3, 0.4) is 0 Å². The summed E-state index contributed by atoms with van der Waals surface area (Å²) >= 11 is 0. The van der Waals surface area contributed by atoms with Crippen LogP contribution in [0.2, 0.25) is 0 Å². The van der Waals surface area contributed by atoms with E-state index in [0.717, 1.165) is 11.1 Å². The SMILES string of the molecule is Cc1cccc(O[C@@H](C)C(=O)NNC(=O)c2oc3c(F)cccc3c2C)c1C. The van der Waals surface area contributed by atoms with Gasteiger partial charge in [-0.05, 0) is 51.0 Å². The summed E-state index contributed by atoms with van der Waals surface area (Å²) in [7, 11) is 0. The van der Waals surface area contributed by atoms with E-state index in [0.29, 0.717) is 16.7 Å². The van der Waals surface area contributed by atoms with Gasteiger partial charge >= 0.3 is 5.91 Å². The van der Waals surface area contributed by atoms with E-state index in [1.165, 1.54) is 12.1 Å². The molecule has 1 aromatic heterocycles. The van der Waals surface area contributed by atoms with E-state index in [-0.39, 0.29) is 11.3 Å². The minimum absolute atomic E-state index is 0.00287. The summed E-state index contributed by atoms with van der Waals surface area (Å²) < 4.78 is 24.8. The van der Waals surface area contributed by atoms with Crippen LogP contribution in [-0.4, -0.2) is 17.9 Å². The smallest absolute Gasteiger partial charge is 0.305 e. The lowest BCUT2D eigenvalue weighted by molar-refractivity contribution is -0.128. The van der Waals surface area contributed by atoms with E-state index in [2.05, 4.69) is 10.9 Å². The number of para-hydroxylation sites is 1. The number of benzene rings is 2. The second-order valence-electron chi connectivity index (χ2n) is 6.57. The molecule has 0 spiro atoms. The van der Waals surface area contributed by atoms with Crippen molar-refractivity contribution in [3.05, 3.63) is 64.7 Å². The summed E-state index contributed by atoms with van der Waals surface area (Å²) in [6.07, 6.45) is -0.838. The van der Waals surface area contributed by atoms with Gasteiger partial charge in [0.25, 0.3) is 5.91 Å². The molecule has 2 N–H and O–H groups in total. The Bertz CT molecular complexity index is 1060. The number of ether oxygens (including phenoxy) is 1. The molecule has 0 radical (unpaired) electrons. The number of halogens is 1. The highest BCUT2D eigenvalue weighted by Crippen LogP contribution is 2.27. The standard InChI is InChI=1S/C21H21FN2O4/c1-11-7-5-10-17(12(11)2)27-14(4)20(25)23-24-21(26)18-13(3)15-8-6-9-16(22)19(15)28-18/h5-10,14H,1-4H3,(H,23,25)(H,24,26)/t14-/m0/s1. The van der Waals surface area contributed by atoms with Crippen LogP contribution < -0.4 is 15.6 Å². The van der Waals surface area contributed by atoms with Crippen LogP contribution >= 0.6 is 0 Å². The number of hydrazine groups is 1. The summed E-state index contributed by atoms with van der Waals surface area (Å²) in [5, 5.41) is 0.503. The summed E-state index contributed by atoms with van der Waals surface area (Å²) in [5.74, 6) is -1.24. The number of aryl methyl sites for hydroxylation is 2. The van der Waals surface area contributed by atoms with Crippen molar-refractivity contribution in [2.24, 2.45) is 0 Å². The quantitative estimate of drug-likeness (QED) is 0.672. The zero-order valence-corrected chi connectivity index (χ0v) is 16.1. The molecular formula is C21H21FN2O4. The van der Waals surface area contributed by atoms with Gasteiger partial charge in [0.2, 0.25) is 0 Å². The number of carbonyl (C=O) groups excluding carboxylic acids is 2. The molecular weight excluding hydrogens is 363 g/mol. The number of hydrogen-bond donors (Lipinski definition) is 2. The van der Waals surface area contributed by atoms with E-state index in [9.17, 15) is 14.0 Å². The zero-order valence-electron chi connectivity index (χ0n) is 16.1. The van der Waals surface area contributed by atoms with Crippen LogP contribution in [0.5, 0.6) is 5.75 Å². The van der Waals surface area contributed by atoms with Gasteiger partial charge in [0.1, 0.15) is 5.75 Å². The average molecular weight is 384 g/mol. The van der Waals surface area contributed by atoms with Crippen LogP contribution in [-0.2, 0) is 4.79 Å². The van der Waals surface area contributed by atoms with Gasteiger partial charge in [-0.25, -0.2) is 4.39 Å². The number of rotatable bonds is 4. The molecule has 2 aromatic carbocycles. The van der Waals surface area contributed by atoms with Gasteiger partial charge < -0.3 is 9.15 Å². The van der Waals surface area contributed by atoms with Crippen molar-refractivity contribution in [2.45, 2.75) is 33.8 Å². The Morgan fingerprint density at radius 3 is 2.46 bits per heavy atom. The average Bonchev–Trinajstić information content (AvgIpc) is 3.01. The Labute approximate surface area is 161 Å². The van der Waals surface area contributed by atoms with Crippen molar-refractivity contribution in [2.75, 3.05) is 0 Å². The first-order valence-electron chi connectivity index (χ1n) is 8.80. The topological polar surface area (TPSA) is 80.6 Å². The Morgan fingerprint density at radius 1 is 1.04 bits per heavy atom. The Hall–Kier alpha value is -3.35. The largest absolute Gasteiger partial charge is 0.481 e. The van der Waals surface area contributed by atoms with Crippen molar-refractivity contribution in [3.63, 3.8) is 0 Å². The molecule has 0 aliphatic carbocycles. The number of fused-ring (bicyclic) bond motifs is 1.